The molecule has 134 valence electrons. The van der Waals surface area contributed by atoms with Gasteiger partial charge in [0.15, 0.2) is 5.96 Å². The number of nitrogens with one attached hydrogen (secondary N) is 1. The van der Waals surface area contributed by atoms with Gasteiger partial charge < -0.3 is 14.7 Å². The van der Waals surface area contributed by atoms with Gasteiger partial charge in [-0.3, -0.25) is 9.89 Å². The standard InChI is InChI=1S/C17H21ClFN5O/c1-20-17(21-11-13-2-3-16(19)15(18)10-13)24-7-5-23(6-8-24)12-14-4-9-25-22-14/h2-4,9-10H,5-8,11-12H2,1H3,(H,20,21). The third kappa shape index (κ3) is 4.70. The van der Waals surface area contributed by atoms with Crippen molar-refractivity contribution in [2.75, 3.05) is 33.2 Å². The molecule has 0 radical (unpaired) electrons. The highest BCUT2D eigenvalue weighted by Gasteiger charge is 2.20. The van der Waals surface area contributed by atoms with Gasteiger partial charge in [0.2, 0.25) is 0 Å². The van der Waals surface area contributed by atoms with Crippen LogP contribution in [0.25, 0.3) is 0 Å². The number of piperazine rings is 1. The molecule has 2 heterocycles. The second-order valence-electron chi connectivity index (χ2n) is 5.90. The quantitative estimate of drug-likeness (QED) is 0.666. The van der Waals surface area contributed by atoms with Crippen molar-refractivity contribution in [3.05, 3.63) is 52.6 Å². The van der Waals surface area contributed by atoms with Crippen LogP contribution in [0.5, 0.6) is 0 Å². The molecular weight excluding hydrogens is 345 g/mol. The maximum Gasteiger partial charge on any atom is 0.194 e. The highest BCUT2D eigenvalue weighted by atomic mass is 35.5. The van der Waals surface area contributed by atoms with Crippen LogP contribution in [0.15, 0.2) is 40.0 Å². The van der Waals surface area contributed by atoms with Crippen LogP contribution in [-0.4, -0.2) is 54.1 Å². The topological polar surface area (TPSA) is 56.9 Å². The molecular formula is C17H21ClFN5O. The van der Waals surface area contributed by atoms with E-state index in [4.69, 9.17) is 16.1 Å². The molecule has 1 aromatic carbocycles. The monoisotopic (exact) mass is 365 g/mol. The van der Waals surface area contributed by atoms with E-state index in [0.717, 1.165) is 49.9 Å². The van der Waals surface area contributed by atoms with Crippen molar-refractivity contribution in [1.29, 1.82) is 0 Å². The summed E-state index contributed by atoms with van der Waals surface area (Å²) in [6.45, 7) is 4.95. The number of aromatic nitrogens is 1. The molecule has 25 heavy (non-hydrogen) atoms. The van der Waals surface area contributed by atoms with Crippen LogP contribution >= 0.6 is 11.6 Å². The summed E-state index contributed by atoms with van der Waals surface area (Å²) in [5.41, 5.74) is 1.86. The summed E-state index contributed by atoms with van der Waals surface area (Å²) in [6, 6.07) is 6.62. The van der Waals surface area contributed by atoms with Gasteiger partial charge >= 0.3 is 0 Å². The molecule has 8 heteroatoms. The lowest BCUT2D eigenvalue weighted by Gasteiger charge is -2.36. The van der Waals surface area contributed by atoms with Crippen molar-refractivity contribution >= 4 is 17.6 Å². The Morgan fingerprint density at radius 3 is 2.76 bits per heavy atom. The number of hydrogen-bond donors (Lipinski definition) is 1. The molecule has 0 unspecified atom stereocenters. The van der Waals surface area contributed by atoms with E-state index in [1.807, 2.05) is 6.07 Å². The van der Waals surface area contributed by atoms with Gasteiger partial charge in [0.05, 0.1) is 10.7 Å². The van der Waals surface area contributed by atoms with Gasteiger partial charge in [0, 0.05) is 52.4 Å². The van der Waals surface area contributed by atoms with Gasteiger partial charge in [-0.25, -0.2) is 4.39 Å². The Bertz CT molecular complexity index is 714. The van der Waals surface area contributed by atoms with Crippen molar-refractivity contribution in [2.45, 2.75) is 13.1 Å². The molecule has 3 rings (SSSR count). The summed E-state index contributed by atoms with van der Waals surface area (Å²) in [5.74, 6) is 0.430. The summed E-state index contributed by atoms with van der Waals surface area (Å²) >= 11 is 5.83. The van der Waals surface area contributed by atoms with E-state index in [1.54, 1.807) is 25.4 Å². The lowest BCUT2D eigenvalue weighted by molar-refractivity contribution is 0.169. The summed E-state index contributed by atoms with van der Waals surface area (Å²) in [5, 5.41) is 7.40. The fourth-order valence-corrected chi connectivity index (χ4v) is 3.03. The molecule has 1 aliphatic rings. The van der Waals surface area contributed by atoms with Crippen LogP contribution in [0.3, 0.4) is 0 Å². The molecule has 0 spiro atoms. The number of aliphatic imine (C=N–C) groups is 1. The molecule has 0 aliphatic carbocycles. The number of nitrogens with zero attached hydrogens (tertiary/aromatic N) is 4. The molecule has 1 aliphatic heterocycles. The maximum absolute atomic E-state index is 13.2. The van der Waals surface area contributed by atoms with Crippen LogP contribution < -0.4 is 5.32 Å². The maximum atomic E-state index is 13.2. The first-order chi connectivity index (χ1) is 12.2. The molecule has 0 atom stereocenters. The summed E-state index contributed by atoms with van der Waals surface area (Å²) in [6.07, 6.45) is 1.60. The zero-order chi connectivity index (χ0) is 17.6. The van der Waals surface area contributed by atoms with Crippen molar-refractivity contribution in [3.8, 4) is 0 Å². The van der Waals surface area contributed by atoms with Gasteiger partial charge in [0.25, 0.3) is 0 Å². The van der Waals surface area contributed by atoms with Crippen LogP contribution in [0, 0.1) is 5.82 Å². The average Bonchev–Trinajstić information content (AvgIpc) is 3.13. The van der Waals surface area contributed by atoms with Gasteiger partial charge in [0.1, 0.15) is 12.1 Å². The zero-order valence-corrected chi connectivity index (χ0v) is 14.8. The van der Waals surface area contributed by atoms with Gasteiger partial charge in [-0.1, -0.05) is 22.8 Å². The Balaban J connectivity index is 1.49. The summed E-state index contributed by atoms with van der Waals surface area (Å²) < 4.78 is 18.1. The van der Waals surface area contributed by atoms with Gasteiger partial charge in [-0.15, -0.1) is 0 Å². The Morgan fingerprint density at radius 1 is 1.32 bits per heavy atom. The van der Waals surface area contributed by atoms with E-state index in [1.165, 1.54) is 6.07 Å². The summed E-state index contributed by atoms with van der Waals surface area (Å²) in [7, 11) is 1.77. The highest BCUT2D eigenvalue weighted by molar-refractivity contribution is 6.30. The second-order valence-corrected chi connectivity index (χ2v) is 6.31. The minimum atomic E-state index is -0.405. The second kappa shape index (κ2) is 8.31. The zero-order valence-electron chi connectivity index (χ0n) is 14.1. The smallest absolute Gasteiger partial charge is 0.194 e. The first kappa shape index (κ1) is 17.7. The Labute approximate surface area is 151 Å². The molecule has 1 saturated heterocycles. The van der Waals surface area contributed by atoms with Crippen LogP contribution in [0.1, 0.15) is 11.3 Å². The molecule has 1 N–H and O–H groups in total. The van der Waals surface area contributed by atoms with Crippen molar-refractivity contribution in [2.24, 2.45) is 4.99 Å². The Morgan fingerprint density at radius 2 is 2.12 bits per heavy atom. The lowest BCUT2D eigenvalue weighted by Crippen LogP contribution is -2.52. The number of benzene rings is 1. The number of halogens is 2. The van der Waals surface area contributed by atoms with E-state index in [0.29, 0.717) is 6.54 Å². The fraction of sp³-hybridized carbons (Fsp3) is 0.412. The molecule has 0 bridgehead atoms. The molecule has 1 fully saturated rings. The highest BCUT2D eigenvalue weighted by Crippen LogP contribution is 2.16. The fourth-order valence-electron chi connectivity index (χ4n) is 2.83. The van der Waals surface area contributed by atoms with Crippen molar-refractivity contribution in [3.63, 3.8) is 0 Å². The molecule has 0 amide bonds. The predicted octanol–water partition coefficient (Wildman–Crippen LogP) is 2.36. The van der Waals surface area contributed by atoms with E-state index in [9.17, 15) is 4.39 Å². The molecule has 2 aromatic rings. The predicted molar refractivity (Wildman–Crippen MR) is 95.0 cm³/mol. The van der Waals surface area contributed by atoms with Crippen LogP contribution in [0.2, 0.25) is 5.02 Å². The van der Waals surface area contributed by atoms with Gasteiger partial charge in [-0.05, 0) is 17.7 Å². The molecule has 1 aromatic heterocycles. The first-order valence-electron chi connectivity index (χ1n) is 8.17. The lowest BCUT2D eigenvalue weighted by atomic mass is 10.2. The normalized spacial score (nSPS) is 16.3. The van der Waals surface area contributed by atoms with Crippen molar-refractivity contribution < 1.29 is 8.91 Å². The SMILES string of the molecule is CN=C(NCc1ccc(F)c(Cl)c1)N1CCN(Cc2ccon2)CC1. The summed E-state index contributed by atoms with van der Waals surface area (Å²) in [4.78, 5) is 8.89. The van der Waals surface area contributed by atoms with E-state index >= 15 is 0 Å². The average molecular weight is 366 g/mol. The molecule has 0 saturated carbocycles. The minimum absolute atomic E-state index is 0.135. The number of rotatable bonds is 4. The first-order valence-corrected chi connectivity index (χ1v) is 8.54. The van der Waals surface area contributed by atoms with E-state index in [-0.39, 0.29) is 5.02 Å². The van der Waals surface area contributed by atoms with Crippen LogP contribution in [-0.2, 0) is 13.1 Å². The minimum Gasteiger partial charge on any atom is -0.364 e. The third-order valence-electron chi connectivity index (χ3n) is 4.20. The largest absolute Gasteiger partial charge is 0.364 e. The Kier molecular flexibility index (Phi) is 5.88. The van der Waals surface area contributed by atoms with E-state index < -0.39 is 5.82 Å². The molecule has 6 nitrogen and oxygen atoms in total. The Hall–Kier alpha value is -2.12. The van der Waals surface area contributed by atoms with E-state index in [2.05, 4.69) is 25.3 Å². The van der Waals surface area contributed by atoms with Gasteiger partial charge in [-0.2, -0.15) is 0 Å². The number of guanidine groups is 1. The van der Waals surface area contributed by atoms with Crippen LogP contribution in [0.4, 0.5) is 4.39 Å². The third-order valence-corrected chi connectivity index (χ3v) is 4.48. The van der Waals surface area contributed by atoms with Crippen molar-refractivity contribution in [1.82, 2.24) is 20.3 Å². The number of hydrogen-bond acceptors (Lipinski definition) is 4.